The molecule has 0 saturated carbocycles. The van der Waals surface area contributed by atoms with Crippen LogP contribution >= 0.6 is 35.6 Å². The van der Waals surface area contributed by atoms with Gasteiger partial charge in [-0.25, -0.2) is 0 Å². The first kappa shape index (κ1) is 23.1. The molecule has 2 heterocycles. The second kappa shape index (κ2) is 11.1. The van der Waals surface area contributed by atoms with Gasteiger partial charge in [0.05, 0.1) is 12.7 Å². The first-order valence-electron chi connectivity index (χ1n) is 9.10. The third kappa shape index (κ3) is 6.70. The molecule has 0 radical (unpaired) electrons. The summed E-state index contributed by atoms with van der Waals surface area (Å²) in [7, 11) is 3.91. The van der Waals surface area contributed by atoms with Gasteiger partial charge in [-0.2, -0.15) is 10.1 Å². The Morgan fingerprint density at radius 2 is 2.07 bits per heavy atom. The highest BCUT2D eigenvalue weighted by molar-refractivity contribution is 14.0. The number of aryl methyl sites for hydroxylation is 1. The van der Waals surface area contributed by atoms with E-state index in [1.807, 2.05) is 45.5 Å². The number of benzene rings is 1. The summed E-state index contributed by atoms with van der Waals surface area (Å²) in [5, 5.41) is 12.2. The molecule has 1 N–H and O–H groups in total. The van der Waals surface area contributed by atoms with E-state index < -0.39 is 0 Å². The van der Waals surface area contributed by atoms with Crippen LogP contribution in [0.2, 0.25) is 5.02 Å². The van der Waals surface area contributed by atoms with E-state index in [9.17, 15) is 0 Å². The normalized spacial score (nSPS) is 11.2. The Morgan fingerprint density at radius 3 is 2.72 bits per heavy atom. The Kier molecular flexibility index (Phi) is 8.90. The number of halogens is 2. The van der Waals surface area contributed by atoms with Gasteiger partial charge in [0.25, 0.3) is 0 Å². The molecular formula is C19H25ClIN7O. The molecule has 0 unspecified atom stereocenters. The van der Waals surface area contributed by atoms with E-state index in [-0.39, 0.29) is 24.0 Å². The fourth-order valence-electron chi connectivity index (χ4n) is 2.70. The summed E-state index contributed by atoms with van der Waals surface area (Å²) in [5.41, 5.74) is 1.99. The van der Waals surface area contributed by atoms with E-state index in [1.54, 1.807) is 16.8 Å². The third-order valence-corrected chi connectivity index (χ3v) is 4.28. The molecule has 0 aliphatic heterocycles. The van der Waals surface area contributed by atoms with Crippen molar-refractivity contribution in [3.05, 3.63) is 53.1 Å². The smallest absolute Gasteiger partial charge is 0.228 e. The summed E-state index contributed by atoms with van der Waals surface area (Å²) < 4.78 is 7.13. The lowest BCUT2D eigenvalue weighted by atomic mass is 10.2. The highest BCUT2D eigenvalue weighted by Gasteiger charge is 2.10. The molecule has 0 aliphatic rings. The summed E-state index contributed by atoms with van der Waals surface area (Å²) in [6, 6.07) is 7.34. The van der Waals surface area contributed by atoms with Crippen LogP contribution < -0.4 is 5.32 Å². The summed E-state index contributed by atoms with van der Waals surface area (Å²) in [6.45, 7) is 4.10. The van der Waals surface area contributed by atoms with E-state index in [0.717, 1.165) is 30.2 Å². The van der Waals surface area contributed by atoms with Crippen LogP contribution in [0.15, 0.2) is 46.2 Å². The van der Waals surface area contributed by atoms with Crippen molar-refractivity contribution in [2.45, 2.75) is 19.9 Å². The molecule has 3 aromatic rings. The van der Waals surface area contributed by atoms with E-state index in [2.05, 4.69) is 30.4 Å². The minimum absolute atomic E-state index is 0. The highest BCUT2D eigenvalue weighted by atomic mass is 127. The first-order valence-corrected chi connectivity index (χ1v) is 9.48. The van der Waals surface area contributed by atoms with Gasteiger partial charge in [0.2, 0.25) is 11.7 Å². The molecule has 29 heavy (non-hydrogen) atoms. The molecule has 0 amide bonds. The van der Waals surface area contributed by atoms with Crippen molar-refractivity contribution in [1.82, 2.24) is 30.1 Å². The quantitative estimate of drug-likeness (QED) is 0.287. The number of guanidine groups is 1. The van der Waals surface area contributed by atoms with Gasteiger partial charge < -0.3 is 14.7 Å². The second-order valence-electron chi connectivity index (χ2n) is 6.38. The second-order valence-corrected chi connectivity index (χ2v) is 6.82. The van der Waals surface area contributed by atoms with Gasteiger partial charge in [-0.15, -0.1) is 24.0 Å². The van der Waals surface area contributed by atoms with Crippen LogP contribution in [0.25, 0.3) is 11.4 Å². The number of hydrogen-bond acceptors (Lipinski definition) is 5. The predicted octanol–water partition coefficient (Wildman–Crippen LogP) is 3.38. The van der Waals surface area contributed by atoms with E-state index in [0.29, 0.717) is 29.7 Å². The highest BCUT2D eigenvalue weighted by Crippen LogP contribution is 2.18. The molecule has 0 bridgehead atoms. The summed E-state index contributed by atoms with van der Waals surface area (Å²) in [4.78, 5) is 11.2. The third-order valence-electron chi connectivity index (χ3n) is 4.03. The molecule has 8 nitrogen and oxygen atoms in total. The lowest BCUT2D eigenvalue weighted by molar-refractivity contribution is 0.380. The average Bonchev–Trinajstić information content (AvgIpc) is 3.31. The fraction of sp³-hybridized carbons (Fsp3) is 0.368. The number of aliphatic imine (C=N–C) groups is 1. The molecule has 0 aliphatic carbocycles. The molecule has 3 rings (SSSR count). The van der Waals surface area contributed by atoms with Gasteiger partial charge in [-0.3, -0.25) is 9.67 Å². The topological polar surface area (TPSA) is 84.4 Å². The number of rotatable bonds is 7. The maximum absolute atomic E-state index is 5.91. The summed E-state index contributed by atoms with van der Waals surface area (Å²) in [5.74, 6) is 1.93. The van der Waals surface area contributed by atoms with Crippen molar-refractivity contribution >= 4 is 41.5 Å². The predicted molar refractivity (Wildman–Crippen MR) is 125 cm³/mol. The minimum Gasteiger partial charge on any atom is -0.357 e. The molecule has 156 valence electrons. The number of nitrogens with zero attached hydrogens (tertiary/aromatic N) is 6. The van der Waals surface area contributed by atoms with Crippen LogP contribution in [0.4, 0.5) is 0 Å². The molecule has 0 atom stereocenters. The number of nitrogens with one attached hydrogen (secondary N) is 1. The van der Waals surface area contributed by atoms with Crippen LogP contribution in [0, 0.1) is 0 Å². The standard InChI is InChI=1S/C19H24ClN7O.HI/c1-4-21-19(26(2)12-14-11-23-27(3)13-14)22-10-9-17-24-18(25-28-17)15-5-7-16(20)8-6-15;/h5-8,11,13H,4,9-10,12H2,1-3H3,(H,21,22);1H. The van der Waals surface area contributed by atoms with E-state index >= 15 is 0 Å². The number of hydrogen-bond donors (Lipinski definition) is 1. The van der Waals surface area contributed by atoms with E-state index in [4.69, 9.17) is 16.1 Å². The van der Waals surface area contributed by atoms with Crippen molar-refractivity contribution in [2.24, 2.45) is 12.0 Å². The van der Waals surface area contributed by atoms with Gasteiger partial charge in [-0.1, -0.05) is 16.8 Å². The Labute approximate surface area is 192 Å². The van der Waals surface area contributed by atoms with Crippen molar-refractivity contribution in [1.29, 1.82) is 0 Å². The van der Waals surface area contributed by atoms with Gasteiger partial charge in [0, 0.05) is 56.0 Å². The maximum atomic E-state index is 5.91. The van der Waals surface area contributed by atoms with Crippen LogP contribution in [0.1, 0.15) is 18.4 Å². The van der Waals surface area contributed by atoms with Gasteiger partial charge in [-0.05, 0) is 31.2 Å². The van der Waals surface area contributed by atoms with Crippen LogP contribution in [-0.4, -0.2) is 50.9 Å². The zero-order valence-corrected chi connectivity index (χ0v) is 19.8. The molecule has 0 saturated heterocycles. The fourth-order valence-corrected chi connectivity index (χ4v) is 2.83. The molecular weight excluding hydrogens is 505 g/mol. The van der Waals surface area contributed by atoms with Crippen molar-refractivity contribution < 1.29 is 4.52 Å². The molecule has 0 fully saturated rings. The van der Waals surface area contributed by atoms with Crippen LogP contribution in [0.3, 0.4) is 0 Å². The summed E-state index contributed by atoms with van der Waals surface area (Å²) in [6.07, 6.45) is 4.42. The molecule has 0 spiro atoms. The van der Waals surface area contributed by atoms with Gasteiger partial charge in [0.15, 0.2) is 5.96 Å². The summed E-state index contributed by atoms with van der Waals surface area (Å²) >= 11 is 5.91. The maximum Gasteiger partial charge on any atom is 0.228 e. The minimum atomic E-state index is 0. The first-order chi connectivity index (χ1) is 13.5. The molecule has 1 aromatic carbocycles. The van der Waals surface area contributed by atoms with Crippen LogP contribution in [-0.2, 0) is 20.0 Å². The molecule has 2 aromatic heterocycles. The zero-order valence-electron chi connectivity index (χ0n) is 16.7. The van der Waals surface area contributed by atoms with Crippen molar-refractivity contribution in [3.8, 4) is 11.4 Å². The van der Waals surface area contributed by atoms with Gasteiger partial charge in [0.1, 0.15) is 0 Å². The van der Waals surface area contributed by atoms with Crippen LogP contribution in [0.5, 0.6) is 0 Å². The monoisotopic (exact) mass is 529 g/mol. The van der Waals surface area contributed by atoms with Crippen molar-refractivity contribution in [3.63, 3.8) is 0 Å². The Morgan fingerprint density at radius 1 is 1.31 bits per heavy atom. The van der Waals surface area contributed by atoms with Crippen molar-refractivity contribution in [2.75, 3.05) is 20.1 Å². The number of aromatic nitrogens is 4. The Balaban J connectivity index is 0.00000300. The zero-order chi connectivity index (χ0) is 19.9. The SMILES string of the molecule is CCNC(=NCCc1nc(-c2ccc(Cl)cc2)no1)N(C)Cc1cnn(C)c1.I. The largest absolute Gasteiger partial charge is 0.357 e. The van der Waals surface area contributed by atoms with E-state index in [1.165, 1.54) is 0 Å². The lowest BCUT2D eigenvalue weighted by Gasteiger charge is -2.21. The van der Waals surface area contributed by atoms with Gasteiger partial charge >= 0.3 is 0 Å². The Bertz CT molecular complexity index is 923. The lowest BCUT2D eigenvalue weighted by Crippen LogP contribution is -2.38. The molecule has 10 heteroatoms. The Hall–Kier alpha value is -2.14. The average molecular weight is 530 g/mol.